The Labute approximate surface area is 104 Å². The van der Waals surface area contributed by atoms with Crippen LogP contribution < -0.4 is 5.73 Å². The van der Waals surface area contributed by atoms with E-state index in [0.717, 1.165) is 23.1 Å². The fourth-order valence-electron chi connectivity index (χ4n) is 2.26. The first-order chi connectivity index (χ1) is 8.13. The highest BCUT2D eigenvalue weighted by Crippen LogP contribution is 2.40. The lowest BCUT2D eigenvalue weighted by Gasteiger charge is -2.33. The Balaban J connectivity index is 2.21. The molecule has 0 aromatic carbocycles. The summed E-state index contributed by atoms with van der Waals surface area (Å²) in [5.41, 5.74) is 7.18. The van der Waals surface area contributed by atoms with Crippen molar-refractivity contribution in [1.82, 2.24) is 9.97 Å². The van der Waals surface area contributed by atoms with Gasteiger partial charge in [0.2, 0.25) is 0 Å². The molecule has 0 radical (unpaired) electrons. The van der Waals surface area contributed by atoms with Crippen LogP contribution in [0.15, 0.2) is 6.33 Å². The molecule has 90 valence electrons. The number of fused-ring (bicyclic) bond motifs is 3. The molecule has 4 nitrogen and oxygen atoms in total. The van der Waals surface area contributed by atoms with Gasteiger partial charge in [-0.1, -0.05) is 6.92 Å². The van der Waals surface area contributed by atoms with Gasteiger partial charge in [-0.05, 0) is 18.9 Å². The monoisotopic (exact) mass is 249 g/mol. The quantitative estimate of drug-likeness (QED) is 0.843. The first-order valence-electron chi connectivity index (χ1n) is 5.77. The number of hydrogen-bond acceptors (Lipinski definition) is 5. The van der Waals surface area contributed by atoms with Crippen LogP contribution in [-0.2, 0) is 17.8 Å². The van der Waals surface area contributed by atoms with Crippen molar-refractivity contribution >= 4 is 27.4 Å². The highest BCUT2D eigenvalue weighted by atomic mass is 32.1. The molecule has 0 aliphatic carbocycles. The summed E-state index contributed by atoms with van der Waals surface area (Å²) in [4.78, 5) is 10.6. The topological polar surface area (TPSA) is 61.0 Å². The molecule has 2 aromatic heterocycles. The van der Waals surface area contributed by atoms with E-state index in [2.05, 4.69) is 23.8 Å². The molecule has 0 spiro atoms. The van der Waals surface area contributed by atoms with Gasteiger partial charge in [-0.25, -0.2) is 9.97 Å². The third-order valence-electron chi connectivity index (χ3n) is 3.55. The molecular formula is C12H15N3OS. The lowest BCUT2D eigenvalue weighted by atomic mass is 9.90. The molecule has 0 amide bonds. The Hall–Kier alpha value is -1.20. The lowest BCUT2D eigenvalue weighted by molar-refractivity contribution is -0.0542. The van der Waals surface area contributed by atoms with Crippen molar-refractivity contribution in [1.29, 1.82) is 0 Å². The van der Waals surface area contributed by atoms with E-state index in [1.807, 2.05) is 0 Å². The molecule has 2 aromatic rings. The number of ether oxygens (including phenoxy) is 1. The Morgan fingerprint density at radius 2 is 2.35 bits per heavy atom. The molecule has 1 atom stereocenters. The fourth-order valence-corrected chi connectivity index (χ4v) is 3.33. The van der Waals surface area contributed by atoms with Crippen molar-refractivity contribution in [2.75, 3.05) is 5.73 Å². The highest BCUT2D eigenvalue weighted by molar-refractivity contribution is 7.18. The molecule has 3 heterocycles. The van der Waals surface area contributed by atoms with Crippen molar-refractivity contribution in [2.24, 2.45) is 0 Å². The number of aromatic nitrogens is 2. The van der Waals surface area contributed by atoms with E-state index >= 15 is 0 Å². The third kappa shape index (κ3) is 1.61. The number of nitrogen functional groups attached to an aromatic ring is 1. The predicted octanol–water partition coefficient (Wildman–Crippen LogP) is 2.51. The average Bonchev–Trinajstić information content (AvgIpc) is 2.68. The van der Waals surface area contributed by atoms with E-state index in [0.29, 0.717) is 12.4 Å². The normalized spacial score (nSPS) is 23.9. The number of nitrogens with two attached hydrogens (primary N) is 1. The second kappa shape index (κ2) is 3.65. The first kappa shape index (κ1) is 10.9. The van der Waals surface area contributed by atoms with Gasteiger partial charge >= 0.3 is 0 Å². The van der Waals surface area contributed by atoms with E-state index in [1.165, 1.54) is 16.8 Å². The lowest BCUT2D eigenvalue weighted by Crippen LogP contribution is -2.33. The van der Waals surface area contributed by atoms with Crippen LogP contribution in [-0.4, -0.2) is 15.6 Å². The summed E-state index contributed by atoms with van der Waals surface area (Å²) in [6, 6.07) is 0. The zero-order valence-corrected chi connectivity index (χ0v) is 10.8. The van der Waals surface area contributed by atoms with Crippen LogP contribution in [0.3, 0.4) is 0 Å². The molecular weight excluding hydrogens is 234 g/mol. The molecule has 0 bridgehead atoms. The van der Waals surface area contributed by atoms with Gasteiger partial charge in [0.25, 0.3) is 0 Å². The number of hydrogen-bond donors (Lipinski definition) is 1. The summed E-state index contributed by atoms with van der Waals surface area (Å²) in [7, 11) is 0. The van der Waals surface area contributed by atoms with Crippen LogP contribution in [0, 0.1) is 0 Å². The van der Waals surface area contributed by atoms with Gasteiger partial charge in [0.15, 0.2) is 0 Å². The summed E-state index contributed by atoms with van der Waals surface area (Å²) in [6.45, 7) is 4.97. The maximum Gasteiger partial charge on any atom is 0.135 e. The van der Waals surface area contributed by atoms with Crippen molar-refractivity contribution in [3.63, 3.8) is 0 Å². The zero-order valence-electron chi connectivity index (χ0n) is 9.99. The van der Waals surface area contributed by atoms with E-state index in [1.54, 1.807) is 11.3 Å². The Morgan fingerprint density at radius 3 is 3.12 bits per heavy atom. The van der Waals surface area contributed by atoms with Gasteiger partial charge in [-0.3, -0.25) is 0 Å². The number of rotatable bonds is 1. The Bertz CT molecular complexity index is 580. The number of anilines is 1. The highest BCUT2D eigenvalue weighted by Gasteiger charge is 2.32. The fraction of sp³-hybridized carbons (Fsp3) is 0.500. The minimum absolute atomic E-state index is 0.0801. The SMILES string of the molecule is CC[C@]1(C)Cc2c(sc3ncnc(N)c23)CO1. The molecule has 1 aliphatic heterocycles. The van der Waals surface area contributed by atoms with Gasteiger partial charge in [0.05, 0.1) is 17.6 Å². The summed E-state index contributed by atoms with van der Waals surface area (Å²) in [6.07, 6.45) is 3.42. The van der Waals surface area contributed by atoms with Gasteiger partial charge in [0.1, 0.15) is 17.0 Å². The van der Waals surface area contributed by atoms with E-state index in [9.17, 15) is 0 Å². The molecule has 0 unspecified atom stereocenters. The van der Waals surface area contributed by atoms with E-state index in [-0.39, 0.29) is 5.60 Å². The van der Waals surface area contributed by atoms with Gasteiger partial charge in [-0.2, -0.15) is 0 Å². The van der Waals surface area contributed by atoms with Gasteiger partial charge < -0.3 is 10.5 Å². The summed E-state index contributed by atoms with van der Waals surface area (Å²) in [5.74, 6) is 0.591. The van der Waals surface area contributed by atoms with E-state index < -0.39 is 0 Å². The standard InChI is InChI=1S/C12H15N3OS/c1-3-12(2)4-7-8(5-16-12)17-11-9(7)10(13)14-6-15-11/h6H,3-5H2,1-2H3,(H2,13,14,15)/t12-/m1/s1. The van der Waals surface area contributed by atoms with Gasteiger partial charge in [-0.15, -0.1) is 11.3 Å². The van der Waals surface area contributed by atoms with Crippen molar-refractivity contribution < 1.29 is 4.74 Å². The molecule has 1 aliphatic rings. The van der Waals surface area contributed by atoms with Crippen molar-refractivity contribution in [2.45, 2.75) is 38.9 Å². The van der Waals surface area contributed by atoms with Crippen LogP contribution in [0.4, 0.5) is 5.82 Å². The molecule has 5 heteroatoms. The number of nitrogens with zero attached hydrogens (tertiary/aromatic N) is 2. The average molecular weight is 249 g/mol. The second-order valence-electron chi connectivity index (χ2n) is 4.71. The Kier molecular flexibility index (Phi) is 2.34. The van der Waals surface area contributed by atoms with Crippen molar-refractivity contribution in [3.8, 4) is 0 Å². The van der Waals surface area contributed by atoms with Crippen LogP contribution in [0.5, 0.6) is 0 Å². The minimum atomic E-state index is -0.0801. The molecule has 0 fully saturated rings. The maximum absolute atomic E-state index is 5.97. The van der Waals surface area contributed by atoms with Crippen LogP contribution in [0.2, 0.25) is 0 Å². The zero-order chi connectivity index (χ0) is 12.0. The molecule has 0 saturated heterocycles. The molecule has 3 rings (SSSR count). The second-order valence-corrected chi connectivity index (χ2v) is 5.80. The molecule has 2 N–H and O–H groups in total. The van der Waals surface area contributed by atoms with Gasteiger partial charge in [0, 0.05) is 11.3 Å². The van der Waals surface area contributed by atoms with E-state index in [4.69, 9.17) is 10.5 Å². The maximum atomic E-state index is 5.97. The first-order valence-corrected chi connectivity index (χ1v) is 6.59. The molecule has 0 saturated carbocycles. The Morgan fingerprint density at radius 1 is 1.53 bits per heavy atom. The largest absolute Gasteiger partial charge is 0.383 e. The predicted molar refractivity (Wildman–Crippen MR) is 69.0 cm³/mol. The third-order valence-corrected chi connectivity index (χ3v) is 4.66. The summed E-state index contributed by atoms with van der Waals surface area (Å²) >= 11 is 1.67. The summed E-state index contributed by atoms with van der Waals surface area (Å²) < 4.78 is 5.93. The summed E-state index contributed by atoms with van der Waals surface area (Å²) in [5, 5.41) is 1.04. The van der Waals surface area contributed by atoms with Crippen LogP contribution in [0.25, 0.3) is 10.2 Å². The van der Waals surface area contributed by atoms with Crippen LogP contribution in [0.1, 0.15) is 30.7 Å². The van der Waals surface area contributed by atoms with Crippen LogP contribution >= 0.6 is 11.3 Å². The van der Waals surface area contributed by atoms with Crippen molar-refractivity contribution in [3.05, 3.63) is 16.8 Å². The minimum Gasteiger partial charge on any atom is -0.383 e. The smallest absolute Gasteiger partial charge is 0.135 e. The molecule has 17 heavy (non-hydrogen) atoms. The number of thiophene rings is 1.